The van der Waals surface area contributed by atoms with Gasteiger partial charge in [0.2, 0.25) is 17.7 Å². The number of nitrogens with one attached hydrogen (secondary N) is 3. The lowest BCUT2D eigenvalue weighted by atomic mass is 9.90. The molecule has 0 fully saturated rings. The summed E-state index contributed by atoms with van der Waals surface area (Å²) >= 11 is 4.97. The number of carbonyl (C=O) groups is 3. The Balaban J connectivity index is 1.61. The molecule has 9 nitrogen and oxygen atoms in total. The number of benzene rings is 4. The van der Waals surface area contributed by atoms with Crippen LogP contribution in [0.2, 0.25) is 0 Å². The maximum atomic E-state index is 13.9. The van der Waals surface area contributed by atoms with E-state index >= 15 is 0 Å². The molecule has 3 amide bonds. The Morgan fingerprint density at radius 2 is 1.26 bits per heavy atom. The van der Waals surface area contributed by atoms with Crippen LogP contribution in [0.1, 0.15) is 45.8 Å². The molecular weight excluding hydrogens is 548 g/mol. The van der Waals surface area contributed by atoms with Crippen LogP contribution in [-0.4, -0.2) is 22.8 Å². The van der Waals surface area contributed by atoms with Gasteiger partial charge in [0.15, 0.2) is 5.11 Å². The molecule has 4 aromatic rings. The summed E-state index contributed by atoms with van der Waals surface area (Å²) in [5.74, 6) is -2.05. The van der Waals surface area contributed by atoms with E-state index in [9.17, 15) is 14.4 Å². The summed E-state index contributed by atoms with van der Waals surface area (Å²) in [5.41, 5.74) is 20.8. The minimum Gasteiger partial charge on any atom is -0.376 e. The van der Waals surface area contributed by atoms with Gasteiger partial charge in [0.25, 0.3) is 0 Å². The van der Waals surface area contributed by atoms with Gasteiger partial charge >= 0.3 is 0 Å². The summed E-state index contributed by atoms with van der Waals surface area (Å²) in [6, 6.07) is 30.6. The number of amides is 3. The molecule has 9 N–H and O–H groups in total. The molecule has 0 unspecified atom stereocenters. The fraction of sp³-hybridized carbons (Fsp3) is 0.125. The molecule has 42 heavy (non-hydrogen) atoms. The van der Waals surface area contributed by atoms with Gasteiger partial charge in [-0.15, -0.1) is 0 Å². The fourth-order valence-corrected chi connectivity index (χ4v) is 4.67. The van der Waals surface area contributed by atoms with E-state index in [1.54, 1.807) is 48.5 Å². The van der Waals surface area contributed by atoms with Crippen LogP contribution in [-0.2, 0) is 20.9 Å². The first kappa shape index (κ1) is 29.9. The fourth-order valence-electron chi connectivity index (χ4n) is 4.55. The topological polar surface area (TPSA) is 165 Å². The average molecular weight is 581 g/mol. The van der Waals surface area contributed by atoms with E-state index in [1.807, 2.05) is 60.7 Å². The van der Waals surface area contributed by atoms with Gasteiger partial charge in [-0.3, -0.25) is 14.4 Å². The highest BCUT2D eigenvalue weighted by atomic mass is 32.1. The standard InChI is InChI=1S/C32H32N6O3S/c33-27(29(34)39)23-16-14-20(15-17-23)19-36-31(41)28(24-12-7-13-25(18-24)37-32(35)42)38-30(40)26(21-8-3-1-4-9-21)22-10-5-2-6-11-22/h1-18,26-28H,19,33H2,(H2,34,39)(H,36,41)(H,38,40)(H3,35,37,42)/t27-,28+/m0/s1. The molecule has 10 heteroatoms. The lowest BCUT2D eigenvalue weighted by molar-refractivity contribution is -0.129. The van der Waals surface area contributed by atoms with Gasteiger partial charge in [-0.2, -0.15) is 0 Å². The van der Waals surface area contributed by atoms with Gasteiger partial charge in [0.1, 0.15) is 12.1 Å². The normalized spacial score (nSPS) is 12.1. The van der Waals surface area contributed by atoms with Gasteiger partial charge in [0, 0.05) is 12.2 Å². The van der Waals surface area contributed by atoms with Crippen LogP contribution in [0, 0.1) is 0 Å². The van der Waals surface area contributed by atoms with E-state index in [0.29, 0.717) is 16.8 Å². The second-order valence-electron chi connectivity index (χ2n) is 9.65. The molecule has 0 aliphatic carbocycles. The summed E-state index contributed by atoms with van der Waals surface area (Å²) in [6.07, 6.45) is 0. The van der Waals surface area contributed by atoms with Crippen molar-refractivity contribution < 1.29 is 14.4 Å². The lowest BCUT2D eigenvalue weighted by Crippen LogP contribution is -2.42. The predicted octanol–water partition coefficient (Wildman–Crippen LogP) is 3.13. The number of primary amides is 1. The number of hydrogen-bond donors (Lipinski definition) is 6. The lowest BCUT2D eigenvalue weighted by Gasteiger charge is -2.24. The highest BCUT2D eigenvalue weighted by Crippen LogP contribution is 2.27. The van der Waals surface area contributed by atoms with Gasteiger partial charge in [-0.1, -0.05) is 97.1 Å². The minimum atomic E-state index is -1.04. The highest BCUT2D eigenvalue weighted by Gasteiger charge is 2.29. The Bertz CT molecular complexity index is 1510. The zero-order valence-electron chi connectivity index (χ0n) is 22.7. The molecule has 0 saturated heterocycles. The van der Waals surface area contributed by atoms with Crippen molar-refractivity contribution in [2.75, 3.05) is 5.32 Å². The largest absolute Gasteiger partial charge is 0.376 e. The Hall–Kier alpha value is -5.06. The molecule has 0 saturated carbocycles. The van der Waals surface area contributed by atoms with Crippen LogP contribution in [0.4, 0.5) is 5.69 Å². The van der Waals surface area contributed by atoms with Crippen molar-refractivity contribution in [1.82, 2.24) is 10.6 Å². The van der Waals surface area contributed by atoms with E-state index in [2.05, 4.69) is 16.0 Å². The molecule has 2 atom stereocenters. The first-order chi connectivity index (χ1) is 20.2. The van der Waals surface area contributed by atoms with Crippen molar-refractivity contribution in [3.05, 3.63) is 137 Å². The van der Waals surface area contributed by atoms with Gasteiger partial charge in [-0.05, 0) is 52.2 Å². The highest BCUT2D eigenvalue weighted by molar-refractivity contribution is 7.80. The molecule has 0 heterocycles. The van der Waals surface area contributed by atoms with Crippen LogP contribution in [0.25, 0.3) is 0 Å². The Morgan fingerprint density at radius 3 is 1.81 bits per heavy atom. The molecule has 0 aromatic heterocycles. The number of hydrogen-bond acceptors (Lipinski definition) is 5. The van der Waals surface area contributed by atoms with E-state index in [1.165, 1.54) is 0 Å². The van der Waals surface area contributed by atoms with Crippen LogP contribution in [0.3, 0.4) is 0 Å². The molecule has 4 aromatic carbocycles. The number of carbonyl (C=O) groups excluding carboxylic acids is 3. The monoisotopic (exact) mass is 580 g/mol. The molecule has 0 bridgehead atoms. The van der Waals surface area contributed by atoms with Gasteiger partial charge in [0.05, 0.1) is 5.92 Å². The SMILES string of the molecule is NC(=O)[C@@H](N)c1ccc(CNC(=O)[C@H](NC(=O)C(c2ccccc2)c2ccccc2)c2cccc(NC(N)=S)c2)cc1. The zero-order chi connectivity index (χ0) is 30.1. The molecule has 0 aliphatic rings. The zero-order valence-corrected chi connectivity index (χ0v) is 23.5. The van der Waals surface area contributed by atoms with E-state index in [-0.39, 0.29) is 17.6 Å². The summed E-state index contributed by atoms with van der Waals surface area (Å²) < 4.78 is 0. The first-order valence-corrected chi connectivity index (χ1v) is 13.6. The van der Waals surface area contributed by atoms with Crippen molar-refractivity contribution in [1.29, 1.82) is 0 Å². The molecule has 214 valence electrons. The third-order valence-electron chi connectivity index (χ3n) is 6.68. The second-order valence-corrected chi connectivity index (χ2v) is 10.1. The first-order valence-electron chi connectivity index (χ1n) is 13.2. The summed E-state index contributed by atoms with van der Waals surface area (Å²) in [7, 11) is 0. The second kappa shape index (κ2) is 14.0. The number of rotatable bonds is 11. The maximum absolute atomic E-state index is 13.9. The van der Waals surface area contributed by atoms with Gasteiger partial charge in [-0.25, -0.2) is 0 Å². The third kappa shape index (κ3) is 7.78. The van der Waals surface area contributed by atoms with Crippen molar-refractivity contribution >= 4 is 40.7 Å². The molecule has 0 aliphatic heterocycles. The summed E-state index contributed by atoms with van der Waals surface area (Å²) in [5, 5.41) is 8.82. The molecule has 4 rings (SSSR count). The summed E-state index contributed by atoms with van der Waals surface area (Å²) in [4.78, 5) is 39.0. The summed E-state index contributed by atoms with van der Waals surface area (Å²) in [6.45, 7) is 0.170. The Kier molecular flexibility index (Phi) is 9.99. The van der Waals surface area contributed by atoms with E-state index in [0.717, 1.165) is 16.7 Å². The van der Waals surface area contributed by atoms with E-state index in [4.69, 9.17) is 29.4 Å². The van der Waals surface area contributed by atoms with E-state index < -0.39 is 29.8 Å². The van der Waals surface area contributed by atoms with Crippen molar-refractivity contribution in [2.24, 2.45) is 17.2 Å². The number of nitrogens with two attached hydrogens (primary N) is 3. The van der Waals surface area contributed by atoms with Crippen molar-refractivity contribution in [3.63, 3.8) is 0 Å². The molecule has 0 radical (unpaired) electrons. The van der Waals surface area contributed by atoms with Crippen molar-refractivity contribution in [2.45, 2.75) is 24.5 Å². The van der Waals surface area contributed by atoms with Gasteiger partial charge < -0.3 is 33.2 Å². The smallest absolute Gasteiger partial charge is 0.247 e. The predicted molar refractivity (Wildman–Crippen MR) is 167 cm³/mol. The third-order valence-corrected chi connectivity index (χ3v) is 6.78. The Labute approximate surface area is 249 Å². The van der Waals surface area contributed by atoms with Crippen molar-refractivity contribution in [3.8, 4) is 0 Å². The van der Waals surface area contributed by atoms with Crippen LogP contribution >= 0.6 is 12.2 Å². The van der Waals surface area contributed by atoms with Crippen LogP contribution < -0.4 is 33.2 Å². The average Bonchev–Trinajstić information content (AvgIpc) is 2.99. The Morgan fingerprint density at radius 1 is 0.690 bits per heavy atom. The maximum Gasteiger partial charge on any atom is 0.247 e. The number of anilines is 1. The molecule has 0 spiro atoms. The number of thiocarbonyl (C=S) groups is 1. The van der Waals surface area contributed by atoms with Crippen LogP contribution in [0.5, 0.6) is 0 Å². The minimum absolute atomic E-state index is 0.0740. The van der Waals surface area contributed by atoms with Crippen LogP contribution in [0.15, 0.2) is 109 Å². The quantitative estimate of drug-likeness (QED) is 0.148. The molecular formula is C32H32N6O3S.